The van der Waals surface area contributed by atoms with Crippen LogP contribution in [0.15, 0.2) is 42.5 Å². The number of ether oxygens (including phenoxy) is 1. The SMILES string of the molecule is Cc1cc(OCCCc2c(C(=O)N3CCN(c4cccc(C(=O)O)c4C)CC3)[nH]c3c(-c4c(C)nn(C)c4C)c(Cl)ccc23)cc(C)c1Cl. The molecular weight excluding hydrogens is 661 g/mol. The van der Waals surface area contributed by atoms with Crippen molar-refractivity contribution in [2.45, 2.75) is 47.5 Å². The first kappa shape index (κ1) is 34.4. The summed E-state index contributed by atoms with van der Waals surface area (Å²) in [6, 6.07) is 13.1. The molecule has 49 heavy (non-hydrogen) atoms. The Morgan fingerprint density at radius 3 is 2.29 bits per heavy atom. The Kier molecular flexibility index (Phi) is 9.69. The fourth-order valence-electron chi connectivity index (χ4n) is 7.05. The number of hydrogen-bond acceptors (Lipinski definition) is 5. The normalized spacial score (nSPS) is 13.4. The number of carboxylic acid groups (broad SMARTS) is 1. The fraction of sp³-hybridized carbons (Fsp3) is 0.342. The van der Waals surface area contributed by atoms with Crippen LogP contribution in [0.25, 0.3) is 22.0 Å². The number of rotatable bonds is 9. The second-order valence-electron chi connectivity index (χ2n) is 12.9. The van der Waals surface area contributed by atoms with Crippen LogP contribution in [0.1, 0.15) is 60.9 Å². The van der Waals surface area contributed by atoms with Gasteiger partial charge in [-0.25, -0.2) is 4.79 Å². The number of halogens is 2. The molecule has 3 heterocycles. The molecule has 1 saturated heterocycles. The molecule has 0 bridgehead atoms. The number of carboxylic acids is 1. The van der Waals surface area contributed by atoms with Gasteiger partial charge in [0, 0.05) is 66.1 Å². The molecule has 0 unspecified atom stereocenters. The summed E-state index contributed by atoms with van der Waals surface area (Å²) in [4.78, 5) is 33.7. The Morgan fingerprint density at radius 2 is 1.65 bits per heavy atom. The van der Waals surface area contributed by atoms with Gasteiger partial charge in [0.25, 0.3) is 5.91 Å². The van der Waals surface area contributed by atoms with E-state index in [1.165, 1.54) is 0 Å². The van der Waals surface area contributed by atoms with Gasteiger partial charge in [0.05, 0.1) is 28.4 Å². The summed E-state index contributed by atoms with van der Waals surface area (Å²) in [6.07, 6.45) is 1.30. The topological polar surface area (TPSA) is 104 Å². The summed E-state index contributed by atoms with van der Waals surface area (Å²) in [5, 5.41) is 16.5. The molecule has 2 N–H and O–H groups in total. The van der Waals surface area contributed by atoms with Crippen molar-refractivity contribution in [2.24, 2.45) is 7.05 Å². The second kappa shape index (κ2) is 13.8. The van der Waals surface area contributed by atoms with Crippen molar-refractivity contribution in [1.82, 2.24) is 19.7 Å². The number of aromatic nitrogens is 3. The highest BCUT2D eigenvalue weighted by atomic mass is 35.5. The van der Waals surface area contributed by atoms with E-state index in [0.29, 0.717) is 56.3 Å². The lowest BCUT2D eigenvalue weighted by Gasteiger charge is -2.37. The molecule has 1 amide bonds. The maximum absolute atomic E-state index is 14.4. The number of piperazine rings is 1. The summed E-state index contributed by atoms with van der Waals surface area (Å²) in [7, 11) is 1.91. The van der Waals surface area contributed by atoms with Crippen LogP contribution in [0.5, 0.6) is 5.75 Å². The van der Waals surface area contributed by atoms with Gasteiger partial charge in [0.2, 0.25) is 0 Å². The highest BCUT2D eigenvalue weighted by molar-refractivity contribution is 6.35. The minimum absolute atomic E-state index is 0.0755. The first-order valence-electron chi connectivity index (χ1n) is 16.5. The number of H-pyrrole nitrogens is 1. The van der Waals surface area contributed by atoms with E-state index >= 15 is 0 Å². The minimum atomic E-state index is -0.945. The van der Waals surface area contributed by atoms with Gasteiger partial charge in [0.1, 0.15) is 11.4 Å². The molecule has 3 aromatic carbocycles. The van der Waals surface area contributed by atoms with Crippen LogP contribution in [-0.2, 0) is 13.5 Å². The maximum atomic E-state index is 14.4. The molecular formula is C38H41Cl2N5O4. The van der Waals surface area contributed by atoms with E-state index in [1.807, 2.05) is 81.6 Å². The maximum Gasteiger partial charge on any atom is 0.336 e. The standard InChI is InChI=1S/C38H41Cl2N5O4/c1-21-19-26(20-22(2)34(21)40)49-18-8-10-28-29-12-13-30(39)33(32-24(4)42-43(6)25(32)5)35(29)41-36(28)37(46)45-16-14-44(15-17-45)31-11-7-9-27(23(31)3)38(47)48/h7,9,11-13,19-20,41H,8,10,14-18H2,1-6H3,(H,47,48). The predicted octanol–water partition coefficient (Wildman–Crippen LogP) is 8.09. The number of nitrogens with one attached hydrogen (secondary N) is 1. The number of hydrogen-bond donors (Lipinski definition) is 2. The molecule has 6 rings (SSSR count). The van der Waals surface area contributed by atoms with E-state index in [0.717, 1.165) is 72.1 Å². The predicted molar refractivity (Wildman–Crippen MR) is 196 cm³/mol. The van der Waals surface area contributed by atoms with Crippen molar-refractivity contribution >= 4 is 51.7 Å². The summed E-state index contributed by atoms with van der Waals surface area (Å²) >= 11 is 13.3. The van der Waals surface area contributed by atoms with Gasteiger partial charge in [-0.05, 0) is 100 Å². The van der Waals surface area contributed by atoms with Crippen LogP contribution in [0.4, 0.5) is 5.69 Å². The molecule has 1 aliphatic heterocycles. The van der Waals surface area contributed by atoms with Crippen LogP contribution >= 0.6 is 23.2 Å². The Balaban J connectivity index is 1.31. The Bertz CT molecular complexity index is 2070. The molecule has 0 radical (unpaired) electrons. The molecule has 2 aromatic heterocycles. The largest absolute Gasteiger partial charge is 0.494 e. The highest BCUT2D eigenvalue weighted by Crippen LogP contribution is 2.40. The second-order valence-corrected chi connectivity index (χ2v) is 13.6. The summed E-state index contributed by atoms with van der Waals surface area (Å²) in [5.74, 6) is -0.249. The smallest absolute Gasteiger partial charge is 0.336 e. The van der Waals surface area contributed by atoms with Gasteiger partial charge in [-0.2, -0.15) is 5.10 Å². The molecule has 0 spiro atoms. The molecule has 0 atom stereocenters. The highest BCUT2D eigenvalue weighted by Gasteiger charge is 2.29. The molecule has 1 fully saturated rings. The number of anilines is 1. The van der Waals surface area contributed by atoms with Gasteiger partial charge in [-0.15, -0.1) is 0 Å². The number of amides is 1. The monoisotopic (exact) mass is 701 g/mol. The number of fused-ring (bicyclic) bond motifs is 1. The van der Waals surface area contributed by atoms with Crippen molar-refractivity contribution < 1.29 is 19.4 Å². The van der Waals surface area contributed by atoms with Crippen LogP contribution in [0.3, 0.4) is 0 Å². The number of aryl methyl sites for hydroxylation is 5. The summed E-state index contributed by atoms with van der Waals surface area (Å²) in [6.45, 7) is 12.4. The molecule has 11 heteroatoms. The number of aromatic carboxylic acids is 1. The molecule has 0 aliphatic carbocycles. The van der Waals surface area contributed by atoms with Crippen molar-refractivity contribution in [1.29, 1.82) is 0 Å². The third kappa shape index (κ3) is 6.49. The summed E-state index contributed by atoms with van der Waals surface area (Å²) < 4.78 is 7.99. The van der Waals surface area contributed by atoms with Crippen molar-refractivity contribution in [3.63, 3.8) is 0 Å². The molecule has 5 aromatic rings. The molecule has 1 aliphatic rings. The van der Waals surface area contributed by atoms with Gasteiger partial charge in [-0.3, -0.25) is 9.48 Å². The number of aromatic amines is 1. The van der Waals surface area contributed by atoms with E-state index in [4.69, 9.17) is 27.9 Å². The van der Waals surface area contributed by atoms with E-state index in [-0.39, 0.29) is 11.5 Å². The number of carbonyl (C=O) groups is 2. The summed E-state index contributed by atoms with van der Waals surface area (Å²) in [5.41, 5.74) is 9.76. The first-order chi connectivity index (χ1) is 23.4. The minimum Gasteiger partial charge on any atom is -0.494 e. The van der Waals surface area contributed by atoms with Gasteiger partial charge >= 0.3 is 5.97 Å². The number of nitrogens with zero attached hydrogens (tertiary/aromatic N) is 4. The molecule has 9 nitrogen and oxygen atoms in total. The fourth-order valence-corrected chi connectivity index (χ4v) is 7.41. The lowest BCUT2D eigenvalue weighted by Crippen LogP contribution is -2.49. The number of carbonyl (C=O) groups excluding carboxylic acids is 1. The quantitative estimate of drug-likeness (QED) is 0.151. The Labute approximate surface area is 296 Å². The van der Waals surface area contributed by atoms with Crippen molar-refractivity contribution in [2.75, 3.05) is 37.7 Å². The van der Waals surface area contributed by atoms with Crippen molar-refractivity contribution in [3.8, 4) is 16.9 Å². The van der Waals surface area contributed by atoms with Gasteiger partial charge < -0.3 is 24.6 Å². The molecule has 0 saturated carbocycles. The van der Waals surface area contributed by atoms with Crippen LogP contribution in [0, 0.1) is 34.6 Å². The van der Waals surface area contributed by atoms with Crippen LogP contribution < -0.4 is 9.64 Å². The van der Waals surface area contributed by atoms with Crippen LogP contribution in [0.2, 0.25) is 10.0 Å². The number of benzene rings is 3. The Hall–Kier alpha value is -4.47. The zero-order valence-electron chi connectivity index (χ0n) is 28.7. The van der Waals surface area contributed by atoms with Crippen molar-refractivity contribution in [3.05, 3.63) is 97.4 Å². The average Bonchev–Trinajstić information content (AvgIpc) is 3.56. The first-order valence-corrected chi connectivity index (χ1v) is 17.2. The average molecular weight is 703 g/mol. The third-order valence-electron chi connectivity index (χ3n) is 9.70. The van der Waals surface area contributed by atoms with Gasteiger partial charge in [-0.1, -0.05) is 35.3 Å². The third-order valence-corrected chi connectivity index (χ3v) is 10.6. The van der Waals surface area contributed by atoms with E-state index in [1.54, 1.807) is 12.1 Å². The zero-order chi connectivity index (χ0) is 35.1. The van der Waals surface area contributed by atoms with E-state index in [2.05, 4.69) is 15.0 Å². The lowest BCUT2D eigenvalue weighted by atomic mass is 9.98. The van der Waals surface area contributed by atoms with E-state index < -0.39 is 5.97 Å². The Morgan fingerprint density at radius 1 is 0.959 bits per heavy atom. The lowest BCUT2D eigenvalue weighted by molar-refractivity contribution is 0.0695. The van der Waals surface area contributed by atoms with Crippen LogP contribution in [-0.4, -0.2) is 69.4 Å². The molecule has 256 valence electrons. The van der Waals surface area contributed by atoms with E-state index in [9.17, 15) is 14.7 Å². The van der Waals surface area contributed by atoms with Gasteiger partial charge in [0.15, 0.2) is 0 Å². The zero-order valence-corrected chi connectivity index (χ0v) is 30.2.